The van der Waals surface area contributed by atoms with Gasteiger partial charge < -0.3 is 4.90 Å². The number of ketones is 1. The van der Waals surface area contributed by atoms with Crippen molar-refractivity contribution in [3.8, 4) is 5.69 Å². The lowest BCUT2D eigenvalue weighted by atomic mass is 10.1. The molecule has 2 heterocycles. The zero-order valence-corrected chi connectivity index (χ0v) is 17.9. The van der Waals surface area contributed by atoms with Crippen LogP contribution in [-0.2, 0) is 11.0 Å². The number of hydrogen-bond acceptors (Lipinski definition) is 4. The molecule has 12 heteroatoms. The predicted molar refractivity (Wildman–Crippen MR) is 106 cm³/mol. The summed E-state index contributed by atoms with van der Waals surface area (Å²) in [5.74, 6) is -1.77. The molecule has 6 nitrogen and oxygen atoms in total. The van der Waals surface area contributed by atoms with E-state index in [4.69, 9.17) is 0 Å². The highest BCUT2D eigenvalue weighted by Crippen LogP contribution is 2.31. The average molecular weight is 476 g/mol. The number of rotatable bonds is 4. The number of carbonyl (C=O) groups excluding carboxylic acids is 2. The van der Waals surface area contributed by atoms with Gasteiger partial charge in [-0.2, -0.15) is 31.4 Å². The van der Waals surface area contributed by atoms with Crippen molar-refractivity contribution in [2.75, 3.05) is 32.7 Å². The Morgan fingerprint density at radius 2 is 1.70 bits per heavy atom. The average Bonchev–Trinajstić information content (AvgIpc) is 2.86. The molecule has 1 aromatic carbocycles. The van der Waals surface area contributed by atoms with Gasteiger partial charge in [-0.25, -0.2) is 4.68 Å². The molecule has 3 rings (SSSR count). The Bertz CT molecular complexity index is 1040. The van der Waals surface area contributed by atoms with Gasteiger partial charge in [0.05, 0.1) is 34.7 Å². The van der Waals surface area contributed by atoms with Gasteiger partial charge in [0.1, 0.15) is 0 Å². The first-order valence-corrected chi connectivity index (χ1v) is 10.1. The molecule has 180 valence electrons. The van der Waals surface area contributed by atoms with E-state index >= 15 is 0 Å². The van der Waals surface area contributed by atoms with Crippen molar-refractivity contribution >= 4 is 11.7 Å². The van der Waals surface area contributed by atoms with Crippen LogP contribution in [0.5, 0.6) is 0 Å². The Labute approximate surface area is 185 Å². The lowest BCUT2D eigenvalue weighted by Gasteiger charge is -2.22. The third kappa shape index (κ3) is 5.73. The highest BCUT2D eigenvalue weighted by Gasteiger charge is 2.34. The van der Waals surface area contributed by atoms with Crippen LogP contribution in [0.3, 0.4) is 0 Å². The number of benzene rings is 1. The summed E-state index contributed by atoms with van der Waals surface area (Å²) in [5, 5.41) is 4.15. The SMILES string of the molecule is Cc1nn(-c2cccc(C(F)(F)F)c2)c(C)c1C(=O)C(=O)N1CCCN(CC(F)(F)F)CC1. The van der Waals surface area contributed by atoms with E-state index in [1.807, 2.05) is 0 Å². The maximum Gasteiger partial charge on any atom is 0.416 e. The lowest BCUT2D eigenvalue weighted by Crippen LogP contribution is -2.41. The van der Waals surface area contributed by atoms with E-state index < -0.39 is 36.2 Å². The minimum Gasteiger partial charge on any atom is -0.334 e. The number of carbonyl (C=O) groups is 2. The van der Waals surface area contributed by atoms with Gasteiger partial charge in [0, 0.05) is 26.2 Å². The van der Waals surface area contributed by atoms with Crippen LogP contribution in [0.15, 0.2) is 24.3 Å². The van der Waals surface area contributed by atoms with E-state index in [0.29, 0.717) is 0 Å². The molecule has 0 radical (unpaired) electrons. The van der Waals surface area contributed by atoms with Crippen LogP contribution < -0.4 is 0 Å². The fourth-order valence-electron chi connectivity index (χ4n) is 3.87. The Morgan fingerprint density at radius 1 is 1.00 bits per heavy atom. The predicted octanol–water partition coefficient (Wildman–Crippen LogP) is 3.79. The number of aromatic nitrogens is 2. The second kappa shape index (κ2) is 9.16. The molecule has 1 fully saturated rings. The van der Waals surface area contributed by atoms with Crippen LogP contribution in [-0.4, -0.2) is 70.2 Å². The minimum absolute atomic E-state index is 0.0278. The van der Waals surface area contributed by atoms with Crippen molar-refractivity contribution in [3.63, 3.8) is 0 Å². The van der Waals surface area contributed by atoms with Gasteiger partial charge >= 0.3 is 12.4 Å². The third-order valence-electron chi connectivity index (χ3n) is 5.41. The molecule has 1 aliphatic rings. The summed E-state index contributed by atoms with van der Waals surface area (Å²) in [5.41, 5.74) is -0.483. The van der Waals surface area contributed by atoms with Gasteiger partial charge in [-0.1, -0.05) is 6.07 Å². The smallest absolute Gasteiger partial charge is 0.334 e. The molecule has 0 spiro atoms. The van der Waals surface area contributed by atoms with Crippen molar-refractivity contribution in [3.05, 3.63) is 46.8 Å². The van der Waals surface area contributed by atoms with Gasteiger partial charge in [0.15, 0.2) is 0 Å². The molecule has 33 heavy (non-hydrogen) atoms. The number of alkyl halides is 6. The van der Waals surface area contributed by atoms with E-state index in [1.165, 1.54) is 40.5 Å². The number of halogens is 6. The summed E-state index contributed by atoms with van der Waals surface area (Å²) >= 11 is 0. The van der Waals surface area contributed by atoms with Crippen molar-refractivity contribution in [1.82, 2.24) is 19.6 Å². The maximum atomic E-state index is 13.1. The number of amides is 1. The summed E-state index contributed by atoms with van der Waals surface area (Å²) in [6.45, 7) is 2.03. The molecule has 1 aromatic heterocycles. The molecular formula is C21H22F6N4O2. The van der Waals surface area contributed by atoms with Crippen LogP contribution in [0.2, 0.25) is 0 Å². The minimum atomic E-state index is -4.56. The molecule has 0 aliphatic carbocycles. The highest BCUT2D eigenvalue weighted by atomic mass is 19.4. The normalized spacial score (nSPS) is 16.1. The monoisotopic (exact) mass is 476 g/mol. The van der Waals surface area contributed by atoms with Crippen LogP contribution in [0.4, 0.5) is 26.3 Å². The fraction of sp³-hybridized carbons (Fsp3) is 0.476. The molecular weight excluding hydrogens is 454 g/mol. The quantitative estimate of drug-likeness (QED) is 0.383. The molecule has 1 amide bonds. The van der Waals surface area contributed by atoms with E-state index in [1.54, 1.807) is 0 Å². The molecule has 2 aromatic rings. The van der Waals surface area contributed by atoms with Crippen molar-refractivity contribution in [1.29, 1.82) is 0 Å². The number of hydrogen-bond donors (Lipinski definition) is 0. The number of aryl methyl sites for hydroxylation is 1. The van der Waals surface area contributed by atoms with E-state index in [2.05, 4.69) is 5.10 Å². The van der Waals surface area contributed by atoms with Crippen molar-refractivity contribution < 1.29 is 35.9 Å². The van der Waals surface area contributed by atoms with Gasteiger partial charge in [-0.3, -0.25) is 14.5 Å². The second-order valence-corrected chi connectivity index (χ2v) is 7.87. The first kappa shape index (κ1) is 24.7. The van der Waals surface area contributed by atoms with Crippen LogP contribution in [0, 0.1) is 13.8 Å². The lowest BCUT2D eigenvalue weighted by molar-refractivity contribution is -0.145. The zero-order chi connectivity index (χ0) is 24.6. The molecule has 0 N–H and O–H groups in total. The topological polar surface area (TPSA) is 58.4 Å². The van der Waals surface area contributed by atoms with E-state index in [0.717, 1.165) is 12.1 Å². The van der Waals surface area contributed by atoms with Crippen LogP contribution in [0.1, 0.15) is 33.7 Å². The standard InChI is InChI=1S/C21H22F6N4O2/c1-13-17(14(2)31(28-13)16-6-3-5-15(11-16)21(25,26)27)18(32)19(33)30-8-4-7-29(9-10-30)12-20(22,23)24/h3,5-6,11H,4,7-10,12H2,1-2H3. The van der Waals surface area contributed by atoms with Crippen LogP contribution >= 0.6 is 0 Å². The van der Waals surface area contributed by atoms with Gasteiger partial charge in [0.25, 0.3) is 11.7 Å². The largest absolute Gasteiger partial charge is 0.416 e. The Morgan fingerprint density at radius 3 is 2.33 bits per heavy atom. The summed E-state index contributed by atoms with van der Waals surface area (Å²) in [6, 6.07) is 4.41. The van der Waals surface area contributed by atoms with Gasteiger partial charge in [-0.05, 0) is 38.5 Å². The van der Waals surface area contributed by atoms with E-state index in [-0.39, 0.29) is 55.2 Å². The molecule has 0 bridgehead atoms. The molecule has 0 saturated carbocycles. The second-order valence-electron chi connectivity index (χ2n) is 7.87. The van der Waals surface area contributed by atoms with Gasteiger partial charge in [-0.15, -0.1) is 0 Å². The van der Waals surface area contributed by atoms with Crippen molar-refractivity contribution in [2.24, 2.45) is 0 Å². The van der Waals surface area contributed by atoms with Crippen molar-refractivity contribution in [2.45, 2.75) is 32.6 Å². The van der Waals surface area contributed by atoms with E-state index in [9.17, 15) is 35.9 Å². The Hall–Kier alpha value is -2.89. The first-order valence-electron chi connectivity index (χ1n) is 10.1. The first-order chi connectivity index (χ1) is 15.3. The Kier molecular flexibility index (Phi) is 6.87. The fourth-order valence-corrected chi connectivity index (χ4v) is 3.87. The third-order valence-corrected chi connectivity index (χ3v) is 5.41. The number of Topliss-reactive ketones (excluding diaryl/α,β-unsaturated/α-hetero) is 1. The molecule has 0 unspecified atom stereocenters. The molecule has 1 aliphatic heterocycles. The number of nitrogens with zero attached hydrogens (tertiary/aromatic N) is 4. The zero-order valence-electron chi connectivity index (χ0n) is 17.9. The highest BCUT2D eigenvalue weighted by molar-refractivity contribution is 6.43. The summed E-state index contributed by atoms with van der Waals surface area (Å²) in [6.07, 6.45) is -8.65. The Balaban J connectivity index is 1.81. The molecule has 0 atom stereocenters. The molecule has 1 saturated heterocycles. The van der Waals surface area contributed by atoms with Crippen LogP contribution in [0.25, 0.3) is 5.69 Å². The maximum absolute atomic E-state index is 13.1. The van der Waals surface area contributed by atoms with Gasteiger partial charge in [0.2, 0.25) is 0 Å². The summed E-state index contributed by atoms with van der Waals surface area (Å²) < 4.78 is 78.3. The summed E-state index contributed by atoms with van der Waals surface area (Å²) in [4.78, 5) is 28.2. The summed E-state index contributed by atoms with van der Waals surface area (Å²) in [7, 11) is 0.